The van der Waals surface area contributed by atoms with Crippen molar-refractivity contribution < 1.29 is 19.1 Å². The summed E-state index contributed by atoms with van der Waals surface area (Å²) in [7, 11) is 0. The summed E-state index contributed by atoms with van der Waals surface area (Å²) in [5.74, 6) is -1.86. The summed E-state index contributed by atoms with van der Waals surface area (Å²) in [5, 5.41) is 9.94. The van der Waals surface area contributed by atoms with E-state index in [1.54, 1.807) is 24.3 Å². The first-order valence-corrected chi connectivity index (χ1v) is 8.70. The second kappa shape index (κ2) is 6.79. The molecule has 1 amide bonds. The molecule has 0 spiro atoms. The number of hydrogen-bond acceptors (Lipinski definition) is 3. The van der Waals surface area contributed by atoms with Crippen LogP contribution >= 0.6 is 0 Å². The van der Waals surface area contributed by atoms with Gasteiger partial charge in [-0.3, -0.25) is 9.59 Å². The van der Waals surface area contributed by atoms with Crippen LogP contribution in [0.3, 0.4) is 0 Å². The van der Waals surface area contributed by atoms with Crippen LogP contribution in [0.4, 0.5) is 4.39 Å². The predicted molar refractivity (Wildman–Crippen MR) is 97.9 cm³/mol. The van der Waals surface area contributed by atoms with Gasteiger partial charge < -0.3 is 10.0 Å². The normalized spacial score (nSPS) is 16.2. The topological polar surface area (TPSA) is 70.5 Å². The Morgan fingerprint density at radius 3 is 2.74 bits per heavy atom. The number of carbonyl (C=O) groups excluding carboxylic acids is 1. The maximum Gasteiger partial charge on any atom is 0.305 e. The van der Waals surface area contributed by atoms with Gasteiger partial charge in [-0.25, -0.2) is 9.37 Å². The first-order chi connectivity index (χ1) is 13.0. The maximum absolute atomic E-state index is 14.1. The molecule has 0 fully saturated rings. The van der Waals surface area contributed by atoms with Gasteiger partial charge in [0.1, 0.15) is 17.0 Å². The van der Waals surface area contributed by atoms with Gasteiger partial charge in [0, 0.05) is 11.9 Å². The maximum atomic E-state index is 14.1. The van der Waals surface area contributed by atoms with Gasteiger partial charge in [0.05, 0.1) is 12.5 Å². The van der Waals surface area contributed by atoms with Crippen LogP contribution in [0, 0.1) is 5.82 Å². The second-order valence-corrected chi connectivity index (χ2v) is 6.57. The lowest BCUT2D eigenvalue weighted by Crippen LogP contribution is -2.41. The van der Waals surface area contributed by atoms with E-state index in [9.17, 15) is 19.1 Å². The molecule has 0 saturated heterocycles. The standard InChI is InChI=1S/C21H17FN2O3/c22-16-7-3-5-14-8-9-17(23-20(14)16)21(27)24-11-10-13-4-1-2-6-15(13)18(24)12-19(25)26/h1-9,18H,10-12H2,(H,25,26)/t18-/m0/s1. The lowest BCUT2D eigenvalue weighted by atomic mass is 9.90. The highest BCUT2D eigenvalue weighted by Crippen LogP contribution is 2.33. The largest absolute Gasteiger partial charge is 0.481 e. The van der Waals surface area contributed by atoms with Crippen molar-refractivity contribution in [3.8, 4) is 0 Å². The van der Waals surface area contributed by atoms with Crippen molar-refractivity contribution in [1.82, 2.24) is 9.88 Å². The van der Waals surface area contributed by atoms with Crippen LogP contribution in [0.1, 0.15) is 34.1 Å². The average molecular weight is 364 g/mol. The molecule has 2 aromatic carbocycles. The third-order valence-electron chi connectivity index (χ3n) is 4.93. The monoisotopic (exact) mass is 364 g/mol. The average Bonchev–Trinajstić information content (AvgIpc) is 2.67. The lowest BCUT2D eigenvalue weighted by Gasteiger charge is -2.36. The molecule has 1 N–H and O–H groups in total. The number of carbonyl (C=O) groups is 2. The number of para-hydroxylation sites is 1. The van der Waals surface area contributed by atoms with Crippen molar-refractivity contribution in [2.45, 2.75) is 18.9 Å². The first kappa shape index (κ1) is 17.1. The highest BCUT2D eigenvalue weighted by atomic mass is 19.1. The molecule has 27 heavy (non-hydrogen) atoms. The number of fused-ring (bicyclic) bond motifs is 2. The van der Waals surface area contributed by atoms with Gasteiger partial charge >= 0.3 is 5.97 Å². The minimum atomic E-state index is -0.980. The number of rotatable bonds is 3. The van der Waals surface area contributed by atoms with Gasteiger partial charge in [-0.1, -0.05) is 42.5 Å². The van der Waals surface area contributed by atoms with Gasteiger partial charge in [0.25, 0.3) is 5.91 Å². The fourth-order valence-corrected chi connectivity index (χ4v) is 3.66. The molecule has 5 nitrogen and oxygen atoms in total. The van der Waals surface area contributed by atoms with E-state index in [0.717, 1.165) is 11.1 Å². The number of carboxylic acids is 1. The molecule has 3 aromatic rings. The van der Waals surface area contributed by atoms with E-state index in [4.69, 9.17) is 0 Å². The summed E-state index contributed by atoms with van der Waals surface area (Å²) in [5.41, 5.74) is 2.13. The molecule has 1 atom stereocenters. The minimum Gasteiger partial charge on any atom is -0.481 e. The summed E-state index contributed by atoms with van der Waals surface area (Å²) in [6, 6.07) is 14.8. The van der Waals surface area contributed by atoms with Crippen LogP contribution in [0.5, 0.6) is 0 Å². The quantitative estimate of drug-likeness (QED) is 0.771. The summed E-state index contributed by atoms with van der Waals surface area (Å²) < 4.78 is 14.1. The molecule has 136 valence electrons. The molecular weight excluding hydrogens is 347 g/mol. The van der Waals surface area contributed by atoms with Gasteiger partial charge in [-0.2, -0.15) is 0 Å². The van der Waals surface area contributed by atoms with E-state index < -0.39 is 17.8 Å². The number of hydrogen-bond donors (Lipinski definition) is 1. The van der Waals surface area contributed by atoms with Crippen LogP contribution in [-0.4, -0.2) is 33.4 Å². The molecule has 6 heteroatoms. The van der Waals surface area contributed by atoms with Crippen molar-refractivity contribution in [3.05, 3.63) is 77.2 Å². The fraction of sp³-hybridized carbons (Fsp3) is 0.190. The molecule has 4 rings (SSSR count). The summed E-state index contributed by atoms with van der Waals surface area (Å²) in [4.78, 5) is 30.2. The van der Waals surface area contributed by atoms with E-state index in [1.807, 2.05) is 24.3 Å². The molecule has 1 aliphatic rings. The number of pyridine rings is 1. The molecule has 0 saturated carbocycles. The number of nitrogens with zero attached hydrogens (tertiary/aromatic N) is 2. The number of aliphatic carboxylic acids is 1. The van der Waals surface area contributed by atoms with Crippen molar-refractivity contribution >= 4 is 22.8 Å². The Kier molecular flexibility index (Phi) is 4.32. The smallest absolute Gasteiger partial charge is 0.305 e. The zero-order valence-electron chi connectivity index (χ0n) is 14.4. The van der Waals surface area contributed by atoms with Gasteiger partial charge in [-0.15, -0.1) is 0 Å². The van der Waals surface area contributed by atoms with E-state index in [-0.39, 0.29) is 23.5 Å². The highest BCUT2D eigenvalue weighted by molar-refractivity contribution is 5.95. The van der Waals surface area contributed by atoms with E-state index >= 15 is 0 Å². The van der Waals surface area contributed by atoms with Crippen LogP contribution < -0.4 is 0 Å². The Hall–Kier alpha value is -3.28. The number of aromatic nitrogens is 1. The SMILES string of the molecule is O=C(O)C[C@H]1c2ccccc2CCN1C(=O)c1ccc2cccc(F)c2n1. The van der Waals surface area contributed by atoms with Crippen molar-refractivity contribution in [2.75, 3.05) is 6.54 Å². The molecule has 0 bridgehead atoms. The molecular formula is C21H17FN2O3. The number of benzene rings is 2. The number of carboxylic acid groups (broad SMARTS) is 1. The van der Waals surface area contributed by atoms with Crippen LogP contribution in [0.2, 0.25) is 0 Å². The van der Waals surface area contributed by atoms with Gasteiger partial charge in [-0.05, 0) is 29.7 Å². The molecule has 2 heterocycles. The molecule has 0 radical (unpaired) electrons. The van der Waals surface area contributed by atoms with Crippen molar-refractivity contribution in [1.29, 1.82) is 0 Å². The van der Waals surface area contributed by atoms with E-state index in [1.165, 1.54) is 11.0 Å². The van der Waals surface area contributed by atoms with Crippen LogP contribution in [0.25, 0.3) is 10.9 Å². The minimum absolute atomic E-state index is 0.113. The first-order valence-electron chi connectivity index (χ1n) is 8.70. The third kappa shape index (κ3) is 3.14. The Bertz CT molecular complexity index is 1050. The third-order valence-corrected chi connectivity index (χ3v) is 4.93. The highest BCUT2D eigenvalue weighted by Gasteiger charge is 2.33. The van der Waals surface area contributed by atoms with Gasteiger partial charge in [0.2, 0.25) is 0 Å². The number of halogens is 1. The summed E-state index contributed by atoms with van der Waals surface area (Å²) in [6.07, 6.45) is 0.449. The molecule has 1 aromatic heterocycles. The Morgan fingerprint density at radius 2 is 1.93 bits per heavy atom. The molecule has 1 aliphatic heterocycles. The van der Waals surface area contributed by atoms with Gasteiger partial charge in [0.15, 0.2) is 0 Å². The van der Waals surface area contributed by atoms with Crippen molar-refractivity contribution in [2.24, 2.45) is 0 Å². The number of amides is 1. The Balaban J connectivity index is 1.74. The predicted octanol–water partition coefficient (Wildman–Crippen LogP) is 3.59. The van der Waals surface area contributed by atoms with Crippen molar-refractivity contribution in [3.63, 3.8) is 0 Å². The lowest BCUT2D eigenvalue weighted by molar-refractivity contribution is -0.138. The molecule has 0 aliphatic carbocycles. The summed E-state index contributed by atoms with van der Waals surface area (Å²) in [6.45, 7) is 0.394. The van der Waals surface area contributed by atoms with Crippen LogP contribution in [-0.2, 0) is 11.2 Å². The zero-order chi connectivity index (χ0) is 19.0. The Labute approximate surface area is 155 Å². The zero-order valence-corrected chi connectivity index (χ0v) is 14.4. The fourth-order valence-electron chi connectivity index (χ4n) is 3.66. The van der Waals surface area contributed by atoms with E-state index in [0.29, 0.717) is 18.4 Å². The molecule has 0 unspecified atom stereocenters. The summed E-state index contributed by atoms with van der Waals surface area (Å²) >= 11 is 0. The van der Waals surface area contributed by atoms with E-state index in [2.05, 4.69) is 4.98 Å². The Morgan fingerprint density at radius 1 is 1.11 bits per heavy atom. The van der Waals surface area contributed by atoms with Crippen LogP contribution in [0.15, 0.2) is 54.6 Å². The second-order valence-electron chi connectivity index (χ2n) is 6.57.